The van der Waals surface area contributed by atoms with Crippen LogP contribution in [-0.4, -0.2) is 23.7 Å². The number of nitrogens with one attached hydrogen (secondary N) is 1. The predicted octanol–water partition coefficient (Wildman–Crippen LogP) is 3.83. The summed E-state index contributed by atoms with van der Waals surface area (Å²) in [6, 6.07) is 14.9. The molecule has 0 heterocycles. The quantitative estimate of drug-likeness (QED) is 0.848. The number of fused-ring (bicyclic) bond motifs is 1. The number of aryl methyl sites for hydroxylation is 1. The first kappa shape index (κ1) is 17.0. The molecule has 0 spiro atoms. The Balaban J connectivity index is 1.39. The molecule has 1 amide bonds. The average molecular weight is 325 g/mol. The van der Waals surface area contributed by atoms with E-state index in [9.17, 15) is 9.90 Å². The monoisotopic (exact) mass is 325 g/mol. The number of hydrogen-bond donors (Lipinski definition) is 2. The zero-order valence-corrected chi connectivity index (χ0v) is 14.2. The van der Waals surface area contributed by atoms with Crippen LogP contribution in [0.15, 0.2) is 42.5 Å². The van der Waals surface area contributed by atoms with Crippen LogP contribution in [0.2, 0.25) is 0 Å². The van der Waals surface area contributed by atoms with Crippen LogP contribution in [0.5, 0.6) is 0 Å². The summed E-state index contributed by atoms with van der Waals surface area (Å²) in [6.07, 6.45) is 6.14. The number of carbonyl (C=O) groups is 1. The van der Waals surface area contributed by atoms with Gasteiger partial charge in [0.2, 0.25) is 5.91 Å². The molecule has 1 saturated carbocycles. The Morgan fingerprint density at radius 3 is 2.79 bits per heavy atom. The topological polar surface area (TPSA) is 49.3 Å². The molecule has 2 unspecified atom stereocenters. The van der Waals surface area contributed by atoms with Crippen LogP contribution < -0.4 is 5.32 Å². The Hall–Kier alpha value is -1.87. The van der Waals surface area contributed by atoms with Crippen molar-refractivity contribution in [3.63, 3.8) is 0 Å². The second-order valence-electron chi connectivity index (χ2n) is 7.03. The molecular weight excluding hydrogens is 298 g/mol. The smallest absolute Gasteiger partial charge is 0.220 e. The van der Waals surface area contributed by atoms with Crippen LogP contribution >= 0.6 is 0 Å². The fraction of sp³-hybridized carbons (Fsp3) is 0.476. The van der Waals surface area contributed by atoms with Crippen LogP contribution in [0.25, 0.3) is 10.8 Å². The highest BCUT2D eigenvalue weighted by molar-refractivity contribution is 5.83. The van der Waals surface area contributed by atoms with Crippen molar-refractivity contribution in [3.8, 4) is 0 Å². The SMILES string of the molecule is O=C(CCCc1ccc2ccccc2c1)NCC1CCCC(O)C1. The molecule has 0 saturated heterocycles. The van der Waals surface area contributed by atoms with Gasteiger partial charge in [0.25, 0.3) is 0 Å². The molecule has 2 N–H and O–H groups in total. The molecule has 3 nitrogen and oxygen atoms in total. The summed E-state index contributed by atoms with van der Waals surface area (Å²) in [5, 5.41) is 15.2. The maximum atomic E-state index is 12.0. The van der Waals surface area contributed by atoms with Crippen LogP contribution in [0.4, 0.5) is 0 Å². The van der Waals surface area contributed by atoms with Crippen molar-refractivity contribution in [2.45, 2.75) is 51.0 Å². The standard InChI is InChI=1S/C21H27NO2/c23-20-9-3-6-17(14-20)15-22-21(24)10-4-5-16-11-12-18-7-1-2-8-19(18)13-16/h1-2,7-8,11-13,17,20,23H,3-6,9-10,14-15H2,(H,22,24). The highest BCUT2D eigenvalue weighted by Gasteiger charge is 2.20. The summed E-state index contributed by atoms with van der Waals surface area (Å²) >= 11 is 0. The molecule has 2 atom stereocenters. The van der Waals surface area contributed by atoms with E-state index in [1.807, 2.05) is 0 Å². The Morgan fingerprint density at radius 1 is 1.12 bits per heavy atom. The Labute approximate surface area is 144 Å². The third kappa shape index (κ3) is 4.81. The summed E-state index contributed by atoms with van der Waals surface area (Å²) < 4.78 is 0. The fourth-order valence-corrected chi connectivity index (χ4v) is 3.64. The zero-order valence-electron chi connectivity index (χ0n) is 14.2. The van der Waals surface area contributed by atoms with Gasteiger partial charge in [-0.2, -0.15) is 0 Å². The van der Waals surface area contributed by atoms with Gasteiger partial charge in [0.1, 0.15) is 0 Å². The van der Waals surface area contributed by atoms with Gasteiger partial charge in [0, 0.05) is 13.0 Å². The van der Waals surface area contributed by atoms with Gasteiger partial charge in [-0.3, -0.25) is 4.79 Å². The average Bonchev–Trinajstić information content (AvgIpc) is 2.60. The van der Waals surface area contributed by atoms with Crippen molar-refractivity contribution in [2.24, 2.45) is 5.92 Å². The first-order chi connectivity index (χ1) is 11.7. The van der Waals surface area contributed by atoms with E-state index in [1.165, 1.54) is 16.3 Å². The largest absolute Gasteiger partial charge is 0.393 e. The minimum Gasteiger partial charge on any atom is -0.393 e. The number of benzene rings is 2. The minimum absolute atomic E-state index is 0.135. The highest BCUT2D eigenvalue weighted by atomic mass is 16.3. The minimum atomic E-state index is -0.173. The Bertz CT molecular complexity index is 682. The second-order valence-corrected chi connectivity index (χ2v) is 7.03. The maximum absolute atomic E-state index is 12.0. The summed E-state index contributed by atoms with van der Waals surface area (Å²) in [7, 11) is 0. The zero-order chi connectivity index (χ0) is 16.8. The first-order valence-corrected chi connectivity index (χ1v) is 9.13. The molecule has 0 aliphatic heterocycles. The van der Waals surface area contributed by atoms with E-state index >= 15 is 0 Å². The number of hydrogen-bond acceptors (Lipinski definition) is 2. The van der Waals surface area contributed by atoms with E-state index in [0.717, 1.165) is 38.5 Å². The molecule has 1 aliphatic carbocycles. The summed E-state index contributed by atoms with van der Waals surface area (Å²) in [6.45, 7) is 0.714. The van der Waals surface area contributed by atoms with Gasteiger partial charge in [-0.25, -0.2) is 0 Å². The van der Waals surface area contributed by atoms with E-state index in [-0.39, 0.29) is 12.0 Å². The third-order valence-corrected chi connectivity index (χ3v) is 5.03. The lowest BCUT2D eigenvalue weighted by molar-refractivity contribution is -0.121. The van der Waals surface area contributed by atoms with Crippen LogP contribution in [0, 0.1) is 5.92 Å². The highest BCUT2D eigenvalue weighted by Crippen LogP contribution is 2.23. The summed E-state index contributed by atoms with van der Waals surface area (Å²) in [5.74, 6) is 0.578. The number of amides is 1. The number of carbonyl (C=O) groups excluding carboxylic acids is 1. The van der Waals surface area contributed by atoms with E-state index in [4.69, 9.17) is 0 Å². The Morgan fingerprint density at radius 2 is 1.96 bits per heavy atom. The molecule has 1 fully saturated rings. The van der Waals surface area contributed by atoms with E-state index in [1.54, 1.807) is 0 Å². The van der Waals surface area contributed by atoms with Crippen LogP contribution in [0.3, 0.4) is 0 Å². The molecule has 0 bridgehead atoms. The molecule has 128 valence electrons. The molecule has 2 aromatic rings. The molecule has 1 aliphatic rings. The molecule has 0 aromatic heterocycles. The van der Waals surface area contributed by atoms with Crippen molar-refractivity contribution in [2.75, 3.05) is 6.54 Å². The first-order valence-electron chi connectivity index (χ1n) is 9.13. The van der Waals surface area contributed by atoms with Gasteiger partial charge < -0.3 is 10.4 Å². The van der Waals surface area contributed by atoms with Crippen LogP contribution in [-0.2, 0) is 11.2 Å². The summed E-state index contributed by atoms with van der Waals surface area (Å²) in [4.78, 5) is 12.0. The van der Waals surface area contributed by atoms with Gasteiger partial charge in [-0.1, -0.05) is 48.9 Å². The van der Waals surface area contributed by atoms with Gasteiger partial charge in [0.15, 0.2) is 0 Å². The lowest BCUT2D eigenvalue weighted by atomic mass is 9.87. The van der Waals surface area contributed by atoms with Gasteiger partial charge >= 0.3 is 0 Å². The number of rotatable bonds is 6. The van der Waals surface area contributed by atoms with Crippen molar-refractivity contribution < 1.29 is 9.90 Å². The lowest BCUT2D eigenvalue weighted by Crippen LogP contribution is -2.32. The van der Waals surface area contributed by atoms with Crippen molar-refractivity contribution >= 4 is 16.7 Å². The fourth-order valence-electron chi connectivity index (χ4n) is 3.64. The lowest BCUT2D eigenvalue weighted by Gasteiger charge is -2.25. The van der Waals surface area contributed by atoms with E-state index in [2.05, 4.69) is 47.8 Å². The van der Waals surface area contributed by atoms with Gasteiger partial charge in [-0.05, 0) is 54.4 Å². The van der Waals surface area contributed by atoms with Crippen molar-refractivity contribution in [3.05, 3.63) is 48.0 Å². The van der Waals surface area contributed by atoms with Gasteiger partial charge in [0.05, 0.1) is 6.10 Å². The number of aliphatic hydroxyl groups is 1. The Kier molecular flexibility index (Phi) is 5.86. The maximum Gasteiger partial charge on any atom is 0.220 e. The second kappa shape index (κ2) is 8.29. The van der Waals surface area contributed by atoms with Crippen LogP contribution in [0.1, 0.15) is 44.1 Å². The normalized spacial score (nSPS) is 20.9. The predicted molar refractivity (Wildman–Crippen MR) is 97.9 cm³/mol. The molecule has 2 aromatic carbocycles. The molecule has 24 heavy (non-hydrogen) atoms. The molecular formula is C21H27NO2. The third-order valence-electron chi connectivity index (χ3n) is 5.03. The molecule has 3 heteroatoms. The van der Waals surface area contributed by atoms with E-state index in [0.29, 0.717) is 18.9 Å². The van der Waals surface area contributed by atoms with Crippen molar-refractivity contribution in [1.82, 2.24) is 5.32 Å². The molecule has 0 radical (unpaired) electrons. The summed E-state index contributed by atoms with van der Waals surface area (Å²) in [5.41, 5.74) is 1.29. The van der Waals surface area contributed by atoms with Crippen molar-refractivity contribution in [1.29, 1.82) is 0 Å². The van der Waals surface area contributed by atoms with E-state index < -0.39 is 0 Å². The van der Waals surface area contributed by atoms with Gasteiger partial charge in [-0.15, -0.1) is 0 Å². The number of aliphatic hydroxyl groups excluding tert-OH is 1. The molecule has 3 rings (SSSR count).